The monoisotopic (exact) mass is 415 g/mol. The van der Waals surface area contributed by atoms with Crippen molar-refractivity contribution in [2.45, 2.75) is 25.5 Å². The SMILES string of the molecule is COc1ccccc1/C=C(/C(=O)CCNC(C)C(O)c1ccccc1)c1ccccc1. The van der Waals surface area contributed by atoms with Crippen LogP contribution in [-0.2, 0) is 4.79 Å². The summed E-state index contributed by atoms with van der Waals surface area (Å²) in [4.78, 5) is 13.2. The molecule has 0 aliphatic carbocycles. The first-order chi connectivity index (χ1) is 15.1. The Hall–Kier alpha value is -3.21. The number of Topliss-reactive ketones (excluding diaryl/α,β-unsaturated/α-hetero) is 1. The zero-order valence-electron chi connectivity index (χ0n) is 18.0. The largest absolute Gasteiger partial charge is 0.496 e. The normalized spacial score (nSPS) is 13.5. The van der Waals surface area contributed by atoms with E-state index in [-0.39, 0.29) is 11.8 Å². The summed E-state index contributed by atoms with van der Waals surface area (Å²) >= 11 is 0. The maximum atomic E-state index is 13.2. The summed E-state index contributed by atoms with van der Waals surface area (Å²) in [6.45, 7) is 2.39. The fourth-order valence-corrected chi connectivity index (χ4v) is 3.48. The van der Waals surface area contributed by atoms with Crippen molar-refractivity contribution in [1.29, 1.82) is 0 Å². The summed E-state index contributed by atoms with van der Waals surface area (Å²) in [7, 11) is 1.63. The molecule has 0 spiro atoms. The highest BCUT2D eigenvalue weighted by atomic mass is 16.5. The van der Waals surface area contributed by atoms with Crippen LogP contribution in [0.25, 0.3) is 11.6 Å². The summed E-state index contributed by atoms with van der Waals surface area (Å²) in [5, 5.41) is 13.8. The van der Waals surface area contributed by atoms with Gasteiger partial charge in [0.2, 0.25) is 0 Å². The summed E-state index contributed by atoms with van der Waals surface area (Å²) in [6.07, 6.45) is 1.58. The molecule has 3 aromatic carbocycles. The van der Waals surface area contributed by atoms with Crippen LogP contribution in [0.3, 0.4) is 0 Å². The van der Waals surface area contributed by atoms with Crippen molar-refractivity contribution in [3.05, 3.63) is 102 Å². The number of benzene rings is 3. The number of nitrogens with one attached hydrogen (secondary N) is 1. The molecule has 2 N–H and O–H groups in total. The lowest BCUT2D eigenvalue weighted by molar-refractivity contribution is -0.113. The highest BCUT2D eigenvalue weighted by Crippen LogP contribution is 2.26. The molecule has 31 heavy (non-hydrogen) atoms. The molecule has 0 saturated carbocycles. The van der Waals surface area contributed by atoms with Crippen LogP contribution in [0.2, 0.25) is 0 Å². The molecule has 0 aliphatic rings. The van der Waals surface area contributed by atoms with Crippen molar-refractivity contribution in [3.63, 3.8) is 0 Å². The lowest BCUT2D eigenvalue weighted by Crippen LogP contribution is -2.33. The number of methoxy groups -OCH3 is 1. The third-order valence-corrected chi connectivity index (χ3v) is 5.26. The molecule has 3 aromatic rings. The Balaban J connectivity index is 1.72. The summed E-state index contributed by atoms with van der Waals surface area (Å²) < 4.78 is 5.45. The van der Waals surface area contributed by atoms with Crippen LogP contribution in [-0.4, -0.2) is 30.6 Å². The van der Waals surface area contributed by atoms with Crippen LogP contribution in [0.15, 0.2) is 84.9 Å². The van der Waals surface area contributed by atoms with Gasteiger partial charge in [0.1, 0.15) is 5.75 Å². The van der Waals surface area contributed by atoms with Crippen LogP contribution in [0.1, 0.15) is 36.1 Å². The van der Waals surface area contributed by atoms with Gasteiger partial charge in [-0.15, -0.1) is 0 Å². The standard InChI is InChI=1S/C27H29NO3/c1-20(27(30)22-13-7-4-8-14-22)28-18-17-25(29)24(21-11-5-3-6-12-21)19-23-15-9-10-16-26(23)31-2/h3-16,19-20,27-28,30H,17-18H2,1-2H3/b24-19+. The number of carbonyl (C=O) groups is 1. The van der Waals surface area contributed by atoms with E-state index in [9.17, 15) is 9.90 Å². The van der Waals surface area contributed by atoms with Crippen LogP contribution in [0.5, 0.6) is 5.75 Å². The molecule has 2 unspecified atom stereocenters. The molecule has 0 aromatic heterocycles. The predicted molar refractivity (Wildman–Crippen MR) is 126 cm³/mol. The Morgan fingerprint density at radius 3 is 2.26 bits per heavy atom. The van der Waals surface area contributed by atoms with E-state index in [2.05, 4.69) is 5.32 Å². The first-order valence-corrected chi connectivity index (χ1v) is 10.5. The van der Waals surface area contributed by atoms with E-state index in [1.165, 1.54) is 0 Å². The van der Waals surface area contributed by atoms with Crippen LogP contribution in [0, 0.1) is 0 Å². The number of aliphatic hydroxyl groups excluding tert-OH is 1. The van der Waals surface area contributed by atoms with E-state index >= 15 is 0 Å². The summed E-state index contributed by atoms with van der Waals surface area (Å²) in [5.41, 5.74) is 3.23. The zero-order chi connectivity index (χ0) is 22.1. The molecule has 4 nitrogen and oxygen atoms in total. The van der Waals surface area contributed by atoms with E-state index in [0.29, 0.717) is 18.5 Å². The van der Waals surface area contributed by atoms with Gasteiger partial charge in [-0.05, 0) is 30.2 Å². The maximum absolute atomic E-state index is 13.2. The molecule has 0 aliphatic heterocycles. The van der Waals surface area contributed by atoms with Gasteiger partial charge >= 0.3 is 0 Å². The second-order valence-electron chi connectivity index (χ2n) is 7.44. The van der Waals surface area contributed by atoms with Crippen molar-refractivity contribution in [2.24, 2.45) is 0 Å². The van der Waals surface area contributed by atoms with Gasteiger partial charge in [-0.1, -0.05) is 78.9 Å². The number of carbonyl (C=O) groups excluding carboxylic acids is 1. The lowest BCUT2D eigenvalue weighted by atomic mass is 9.96. The van der Waals surface area contributed by atoms with Gasteiger partial charge in [-0.2, -0.15) is 0 Å². The van der Waals surface area contributed by atoms with E-state index in [4.69, 9.17) is 4.74 Å². The second kappa shape index (κ2) is 11.3. The molecule has 2 atom stereocenters. The Kier molecular flexibility index (Phi) is 8.16. The number of rotatable bonds is 10. The molecule has 0 fully saturated rings. The topological polar surface area (TPSA) is 58.6 Å². The van der Waals surface area contributed by atoms with E-state index in [1.807, 2.05) is 97.9 Å². The number of hydrogen-bond donors (Lipinski definition) is 2. The van der Waals surface area contributed by atoms with Gasteiger partial charge in [0.15, 0.2) is 5.78 Å². The van der Waals surface area contributed by atoms with Gasteiger partial charge in [-0.3, -0.25) is 4.79 Å². The van der Waals surface area contributed by atoms with E-state index in [1.54, 1.807) is 7.11 Å². The Labute approximate surface area is 184 Å². The van der Waals surface area contributed by atoms with Crippen LogP contribution < -0.4 is 10.1 Å². The van der Waals surface area contributed by atoms with Crippen molar-refractivity contribution in [2.75, 3.05) is 13.7 Å². The quantitative estimate of drug-likeness (QED) is 0.365. The number of aliphatic hydroxyl groups is 1. The number of allylic oxidation sites excluding steroid dienone is 1. The van der Waals surface area contributed by atoms with Crippen molar-refractivity contribution in [3.8, 4) is 5.75 Å². The van der Waals surface area contributed by atoms with Gasteiger partial charge < -0.3 is 15.2 Å². The van der Waals surface area contributed by atoms with Gasteiger partial charge in [-0.25, -0.2) is 0 Å². The smallest absolute Gasteiger partial charge is 0.164 e. The molecule has 3 rings (SSSR count). The average Bonchev–Trinajstić information content (AvgIpc) is 2.83. The molecule has 4 heteroatoms. The van der Waals surface area contributed by atoms with Crippen LogP contribution in [0.4, 0.5) is 0 Å². The lowest BCUT2D eigenvalue weighted by Gasteiger charge is -2.20. The number of para-hydroxylation sites is 1. The first-order valence-electron chi connectivity index (χ1n) is 10.5. The second-order valence-corrected chi connectivity index (χ2v) is 7.44. The van der Waals surface area contributed by atoms with Gasteiger partial charge in [0, 0.05) is 30.1 Å². The fourth-order valence-electron chi connectivity index (χ4n) is 3.48. The highest BCUT2D eigenvalue weighted by molar-refractivity contribution is 6.25. The predicted octanol–water partition coefficient (Wildman–Crippen LogP) is 4.91. The zero-order valence-corrected chi connectivity index (χ0v) is 18.0. The number of hydrogen-bond acceptors (Lipinski definition) is 4. The number of ketones is 1. The van der Waals surface area contributed by atoms with Crippen molar-refractivity contribution >= 4 is 17.4 Å². The van der Waals surface area contributed by atoms with Crippen molar-refractivity contribution < 1.29 is 14.6 Å². The molecule has 160 valence electrons. The summed E-state index contributed by atoms with van der Waals surface area (Å²) in [5.74, 6) is 0.757. The van der Waals surface area contributed by atoms with E-state index < -0.39 is 6.10 Å². The molecular weight excluding hydrogens is 386 g/mol. The first kappa shape index (κ1) is 22.5. The van der Waals surface area contributed by atoms with Gasteiger partial charge in [0.05, 0.1) is 13.2 Å². The minimum absolute atomic E-state index is 0.0333. The Morgan fingerprint density at radius 2 is 1.58 bits per heavy atom. The molecule has 0 amide bonds. The van der Waals surface area contributed by atoms with E-state index in [0.717, 1.165) is 22.4 Å². The third kappa shape index (κ3) is 6.14. The molecular formula is C27H29NO3. The third-order valence-electron chi connectivity index (χ3n) is 5.26. The Morgan fingerprint density at radius 1 is 0.968 bits per heavy atom. The molecule has 0 radical (unpaired) electrons. The van der Waals surface area contributed by atoms with Crippen LogP contribution >= 0.6 is 0 Å². The minimum atomic E-state index is -0.631. The van der Waals surface area contributed by atoms with Crippen molar-refractivity contribution in [1.82, 2.24) is 5.32 Å². The average molecular weight is 416 g/mol. The molecule has 0 saturated heterocycles. The maximum Gasteiger partial charge on any atom is 0.164 e. The fraction of sp³-hybridized carbons (Fsp3) is 0.222. The number of ether oxygens (including phenoxy) is 1. The minimum Gasteiger partial charge on any atom is -0.496 e. The van der Waals surface area contributed by atoms with Gasteiger partial charge in [0.25, 0.3) is 0 Å². The summed E-state index contributed by atoms with van der Waals surface area (Å²) in [6, 6.07) is 26.7. The molecule has 0 bridgehead atoms. The highest BCUT2D eigenvalue weighted by Gasteiger charge is 2.17. The Bertz CT molecular complexity index is 999. The molecule has 0 heterocycles.